The van der Waals surface area contributed by atoms with Crippen LogP contribution in [0.2, 0.25) is 0 Å². The first-order valence-electron chi connectivity index (χ1n) is 9.29. The molecule has 2 aromatic rings. The van der Waals surface area contributed by atoms with Crippen molar-refractivity contribution in [1.82, 2.24) is 19.8 Å². The van der Waals surface area contributed by atoms with Crippen molar-refractivity contribution in [1.29, 1.82) is 0 Å². The van der Waals surface area contributed by atoms with Crippen molar-refractivity contribution in [3.63, 3.8) is 0 Å². The van der Waals surface area contributed by atoms with Crippen LogP contribution in [-0.4, -0.2) is 51.7 Å². The first kappa shape index (κ1) is 17.3. The minimum Gasteiger partial charge on any atom is -0.459 e. The van der Waals surface area contributed by atoms with Crippen LogP contribution in [0.5, 0.6) is 0 Å². The third kappa shape index (κ3) is 3.68. The van der Waals surface area contributed by atoms with Gasteiger partial charge >= 0.3 is 0 Å². The van der Waals surface area contributed by atoms with Gasteiger partial charge < -0.3 is 19.0 Å². The van der Waals surface area contributed by atoms with Crippen molar-refractivity contribution in [2.24, 2.45) is 7.05 Å². The average molecular weight is 358 g/mol. The monoisotopic (exact) mass is 358 g/mol. The summed E-state index contributed by atoms with van der Waals surface area (Å²) < 4.78 is 13.5. The van der Waals surface area contributed by atoms with Crippen LogP contribution in [0.4, 0.5) is 0 Å². The molecular formula is C19H26N4O3. The summed E-state index contributed by atoms with van der Waals surface area (Å²) in [5, 5.41) is 3.11. The molecule has 1 atom stereocenters. The summed E-state index contributed by atoms with van der Waals surface area (Å²) in [6, 6.07) is 3.57. The number of hydrogen-bond acceptors (Lipinski definition) is 5. The van der Waals surface area contributed by atoms with E-state index in [-0.39, 0.29) is 17.6 Å². The fourth-order valence-corrected chi connectivity index (χ4v) is 4.05. The van der Waals surface area contributed by atoms with Gasteiger partial charge in [0, 0.05) is 45.5 Å². The van der Waals surface area contributed by atoms with E-state index in [2.05, 4.69) is 19.8 Å². The molecule has 2 saturated heterocycles. The van der Waals surface area contributed by atoms with Gasteiger partial charge in [-0.15, -0.1) is 0 Å². The first-order valence-corrected chi connectivity index (χ1v) is 9.29. The number of imidazole rings is 1. The Hall–Kier alpha value is -2.12. The zero-order valence-corrected chi connectivity index (χ0v) is 15.2. The molecule has 1 N–H and O–H groups in total. The van der Waals surface area contributed by atoms with Crippen LogP contribution in [0.15, 0.2) is 35.3 Å². The van der Waals surface area contributed by atoms with E-state index in [0.29, 0.717) is 12.4 Å². The first-order chi connectivity index (χ1) is 12.6. The maximum atomic E-state index is 12.2. The Labute approximate surface area is 153 Å². The molecule has 7 nitrogen and oxygen atoms in total. The van der Waals surface area contributed by atoms with Gasteiger partial charge in [0.25, 0.3) is 5.91 Å². The number of nitrogens with one attached hydrogen (secondary N) is 1. The number of amides is 1. The molecule has 2 aliphatic heterocycles. The predicted octanol–water partition coefficient (Wildman–Crippen LogP) is 1.96. The fraction of sp³-hybridized carbons (Fsp3) is 0.579. The third-order valence-electron chi connectivity index (χ3n) is 5.64. The number of rotatable bonds is 4. The summed E-state index contributed by atoms with van der Waals surface area (Å²) in [4.78, 5) is 18.9. The third-order valence-corrected chi connectivity index (χ3v) is 5.64. The van der Waals surface area contributed by atoms with Crippen molar-refractivity contribution >= 4 is 5.91 Å². The molecule has 7 heteroatoms. The molecular weight excluding hydrogens is 332 g/mol. The van der Waals surface area contributed by atoms with E-state index in [1.54, 1.807) is 12.1 Å². The second kappa shape index (κ2) is 7.25. The van der Waals surface area contributed by atoms with Crippen LogP contribution in [0.25, 0.3) is 0 Å². The van der Waals surface area contributed by atoms with E-state index in [0.717, 1.165) is 45.3 Å². The van der Waals surface area contributed by atoms with E-state index in [1.807, 2.05) is 19.6 Å². The highest BCUT2D eigenvalue weighted by atomic mass is 16.5. The highest BCUT2D eigenvalue weighted by molar-refractivity contribution is 5.91. The lowest BCUT2D eigenvalue weighted by Crippen LogP contribution is -2.53. The molecule has 2 aliphatic rings. The minimum absolute atomic E-state index is 0.109. The second-order valence-corrected chi connectivity index (χ2v) is 7.44. The van der Waals surface area contributed by atoms with E-state index in [4.69, 9.17) is 9.15 Å². The van der Waals surface area contributed by atoms with Gasteiger partial charge in [0.1, 0.15) is 0 Å². The fourth-order valence-electron chi connectivity index (χ4n) is 4.05. The Bertz CT molecular complexity index is 732. The molecule has 0 bridgehead atoms. The Morgan fingerprint density at radius 2 is 2.27 bits per heavy atom. The zero-order valence-electron chi connectivity index (χ0n) is 15.2. The summed E-state index contributed by atoms with van der Waals surface area (Å²) in [7, 11) is 2.03. The number of ether oxygens (including phenoxy) is 1. The molecule has 0 radical (unpaired) electrons. The van der Waals surface area contributed by atoms with Crippen molar-refractivity contribution in [3.8, 4) is 0 Å². The molecule has 26 heavy (non-hydrogen) atoms. The molecule has 1 spiro atoms. The van der Waals surface area contributed by atoms with Gasteiger partial charge in [0.05, 0.1) is 23.9 Å². The minimum atomic E-state index is -0.134. The molecule has 0 aromatic carbocycles. The number of aryl methyl sites for hydroxylation is 1. The van der Waals surface area contributed by atoms with E-state index in [9.17, 15) is 4.79 Å². The standard InChI is InChI=1S/C19H26N4O3/c1-22-14-20-12-16(22)13-23-7-5-19(6-8-23)11-15(4-10-26-19)21-18(24)17-3-2-9-25-17/h2-3,9,12,14-15H,4-8,10-11,13H2,1H3,(H,21,24). The Balaban J connectivity index is 1.31. The summed E-state index contributed by atoms with van der Waals surface area (Å²) in [6.45, 7) is 3.63. The van der Waals surface area contributed by atoms with E-state index < -0.39 is 0 Å². The average Bonchev–Trinajstić information content (AvgIpc) is 3.30. The molecule has 0 aliphatic carbocycles. The molecule has 2 aromatic heterocycles. The summed E-state index contributed by atoms with van der Waals surface area (Å²) in [5.74, 6) is 0.238. The largest absolute Gasteiger partial charge is 0.459 e. The normalized spacial score (nSPS) is 23.2. The lowest BCUT2D eigenvalue weighted by Gasteiger charge is -2.46. The van der Waals surface area contributed by atoms with Crippen LogP contribution in [-0.2, 0) is 18.3 Å². The molecule has 4 rings (SSSR count). The number of hydrogen-bond donors (Lipinski definition) is 1. The van der Waals surface area contributed by atoms with Crippen LogP contribution in [0.3, 0.4) is 0 Å². The number of likely N-dealkylation sites (tertiary alicyclic amines) is 1. The van der Waals surface area contributed by atoms with Crippen molar-refractivity contribution in [2.75, 3.05) is 19.7 Å². The highest BCUT2D eigenvalue weighted by Crippen LogP contribution is 2.35. The highest BCUT2D eigenvalue weighted by Gasteiger charge is 2.40. The number of carbonyl (C=O) groups is 1. The maximum Gasteiger partial charge on any atom is 0.287 e. The van der Waals surface area contributed by atoms with Gasteiger partial charge in [-0.05, 0) is 37.8 Å². The SMILES string of the molecule is Cn1cncc1CN1CCC2(CC1)CC(NC(=O)c1ccco1)CCO2. The lowest BCUT2D eigenvalue weighted by atomic mass is 9.82. The van der Waals surface area contributed by atoms with Gasteiger partial charge in [-0.2, -0.15) is 0 Å². The van der Waals surface area contributed by atoms with Crippen LogP contribution >= 0.6 is 0 Å². The number of furan rings is 1. The molecule has 1 amide bonds. The van der Waals surface area contributed by atoms with Crippen molar-refractivity contribution in [3.05, 3.63) is 42.4 Å². The molecule has 4 heterocycles. The van der Waals surface area contributed by atoms with Gasteiger partial charge in [0.15, 0.2) is 5.76 Å². The lowest BCUT2D eigenvalue weighted by molar-refractivity contribution is -0.119. The molecule has 1 unspecified atom stereocenters. The van der Waals surface area contributed by atoms with Gasteiger partial charge in [-0.25, -0.2) is 4.98 Å². The van der Waals surface area contributed by atoms with Gasteiger partial charge in [-0.3, -0.25) is 9.69 Å². The Kier molecular flexibility index (Phi) is 4.82. The number of carbonyl (C=O) groups excluding carboxylic acids is 1. The summed E-state index contributed by atoms with van der Waals surface area (Å²) in [5.41, 5.74) is 1.12. The quantitative estimate of drug-likeness (QED) is 0.904. The smallest absolute Gasteiger partial charge is 0.287 e. The summed E-state index contributed by atoms with van der Waals surface area (Å²) in [6.07, 6.45) is 9.03. The topological polar surface area (TPSA) is 72.5 Å². The molecule has 140 valence electrons. The van der Waals surface area contributed by atoms with Crippen LogP contribution in [0, 0.1) is 0 Å². The van der Waals surface area contributed by atoms with Crippen LogP contribution in [0.1, 0.15) is 41.9 Å². The maximum absolute atomic E-state index is 12.2. The van der Waals surface area contributed by atoms with Gasteiger partial charge in [0.2, 0.25) is 0 Å². The summed E-state index contributed by atoms with van der Waals surface area (Å²) >= 11 is 0. The van der Waals surface area contributed by atoms with Gasteiger partial charge in [-0.1, -0.05) is 0 Å². The molecule has 0 saturated carbocycles. The van der Waals surface area contributed by atoms with Crippen molar-refractivity contribution < 1.29 is 13.9 Å². The second-order valence-electron chi connectivity index (χ2n) is 7.44. The Morgan fingerprint density at radius 3 is 2.96 bits per heavy atom. The number of nitrogens with zero attached hydrogens (tertiary/aromatic N) is 3. The molecule has 2 fully saturated rings. The van der Waals surface area contributed by atoms with Crippen LogP contribution < -0.4 is 5.32 Å². The Morgan fingerprint density at radius 1 is 1.42 bits per heavy atom. The van der Waals surface area contributed by atoms with E-state index >= 15 is 0 Å². The van der Waals surface area contributed by atoms with Crippen molar-refractivity contribution in [2.45, 2.75) is 43.9 Å². The van der Waals surface area contributed by atoms with E-state index in [1.165, 1.54) is 12.0 Å². The predicted molar refractivity (Wildman–Crippen MR) is 95.6 cm³/mol. The zero-order chi connectivity index (χ0) is 18.0. The number of piperidine rings is 1. The number of aromatic nitrogens is 2.